The third kappa shape index (κ3) is 2.19. The summed E-state index contributed by atoms with van der Waals surface area (Å²) in [5.41, 5.74) is 5.21. The van der Waals surface area contributed by atoms with Crippen LogP contribution in [0.5, 0.6) is 0 Å². The molecule has 4 heteroatoms. The lowest BCUT2D eigenvalue weighted by molar-refractivity contribution is -0.123. The monoisotopic (exact) mass is 171 g/mol. The Morgan fingerprint density at radius 3 is 2.25 bits per heavy atom. The molecule has 0 spiro atoms. The molecule has 1 aliphatic rings. The van der Waals surface area contributed by atoms with Crippen molar-refractivity contribution in [1.82, 2.24) is 9.80 Å². The van der Waals surface area contributed by atoms with Crippen LogP contribution in [0.15, 0.2) is 0 Å². The summed E-state index contributed by atoms with van der Waals surface area (Å²) < 4.78 is 0. The molecule has 70 valence electrons. The van der Waals surface area contributed by atoms with Crippen molar-refractivity contribution in [2.24, 2.45) is 5.73 Å². The molecule has 1 aliphatic heterocycles. The molecule has 4 nitrogen and oxygen atoms in total. The molecule has 1 rings (SSSR count). The van der Waals surface area contributed by atoms with Gasteiger partial charge in [-0.2, -0.15) is 0 Å². The predicted molar refractivity (Wildman–Crippen MR) is 47.7 cm³/mol. The third-order valence-corrected chi connectivity index (χ3v) is 2.50. The van der Waals surface area contributed by atoms with Crippen LogP contribution < -0.4 is 5.73 Å². The van der Waals surface area contributed by atoms with Crippen molar-refractivity contribution in [2.75, 3.05) is 33.2 Å². The summed E-state index contributed by atoms with van der Waals surface area (Å²) in [6.45, 7) is 5.81. The molecule has 1 atom stereocenters. The van der Waals surface area contributed by atoms with Crippen LogP contribution in [0.25, 0.3) is 0 Å². The second kappa shape index (κ2) is 3.87. The average Bonchev–Trinajstić information content (AvgIpc) is 2.04. The standard InChI is InChI=1S/C8H17N3O/c1-7(8(9)12)11-5-3-10(2)4-6-11/h7H,3-6H2,1-2H3,(H2,9,12). The number of piperazine rings is 1. The fourth-order valence-electron chi connectivity index (χ4n) is 1.39. The zero-order valence-corrected chi connectivity index (χ0v) is 7.79. The smallest absolute Gasteiger partial charge is 0.234 e. The minimum Gasteiger partial charge on any atom is -0.368 e. The van der Waals surface area contributed by atoms with Crippen LogP contribution in [0.4, 0.5) is 0 Å². The van der Waals surface area contributed by atoms with Crippen molar-refractivity contribution >= 4 is 5.91 Å². The number of rotatable bonds is 2. The van der Waals surface area contributed by atoms with Crippen molar-refractivity contribution in [2.45, 2.75) is 13.0 Å². The minimum atomic E-state index is -0.223. The Bertz CT molecular complexity index is 164. The zero-order chi connectivity index (χ0) is 9.14. The van der Waals surface area contributed by atoms with Gasteiger partial charge in [-0.15, -0.1) is 0 Å². The molecule has 0 bridgehead atoms. The van der Waals surface area contributed by atoms with Gasteiger partial charge in [-0.05, 0) is 14.0 Å². The Labute approximate surface area is 73.3 Å². The Kier molecular flexibility index (Phi) is 3.05. The number of hydrogen-bond donors (Lipinski definition) is 1. The largest absolute Gasteiger partial charge is 0.368 e. The van der Waals surface area contributed by atoms with E-state index in [1.807, 2.05) is 6.92 Å². The molecule has 0 radical (unpaired) electrons. The molecule has 0 saturated carbocycles. The average molecular weight is 171 g/mol. The van der Waals surface area contributed by atoms with E-state index in [1.165, 1.54) is 0 Å². The molecule has 1 heterocycles. The Morgan fingerprint density at radius 1 is 1.33 bits per heavy atom. The van der Waals surface area contributed by atoms with Gasteiger partial charge in [0.05, 0.1) is 6.04 Å². The highest BCUT2D eigenvalue weighted by Gasteiger charge is 2.21. The van der Waals surface area contributed by atoms with Crippen LogP contribution in [0.2, 0.25) is 0 Å². The molecule has 1 unspecified atom stereocenters. The first-order chi connectivity index (χ1) is 5.61. The molecule has 0 aromatic carbocycles. The van der Waals surface area contributed by atoms with Crippen molar-refractivity contribution in [3.63, 3.8) is 0 Å². The van der Waals surface area contributed by atoms with Gasteiger partial charge in [0.15, 0.2) is 0 Å². The van der Waals surface area contributed by atoms with Crippen molar-refractivity contribution in [1.29, 1.82) is 0 Å². The first-order valence-corrected chi connectivity index (χ1v) is 4.33. The molecular weight excluding hydrogens is 154 g/mol. The zero-order valence-electron chi connectivity index (χ0n) is 7.79. The molecule has 0 aromatic heterocycles. The van der Waals surface area contributed by atoms with Crippen molar-refractivity contribution < 1.29 is 4.79 Å². The molecule has 1 fully saturated rings. The van der Waals surface area contributed by atoms with Crippen molar-refractivity contribution in [3.8, 4) is 0 Å². The van der Waals surface area contributed by atoms with E-state index in [-0.39, 0.29) is 11.9 Å². The molecule has 1 amide bonds. The van der Waals surface area contributed by atoms with Gasteiger partial charge in [-0.1, -0.05) is 0 Å². The van der Waals surface area contributed by atoms with E-state index in [0.29, 0.717) is 0 Å². The van der Waals surface area contributed by atoms with Gasteiger partial charge >= 0.3 is 0 Å². The van der Waals surface area contributed by atoms with Gasteiger partial charge < -0.3 is 10.6 Å². The Balaban J connectivity index is 2.39. The first kappa shape index (κ1) is 9.48. The number of carbonyl (C=O) groups excluding carboxylic acids is 1. The number of amides is 1. The second-order valence-electron chi connectivity index (χ2n) is 3.42. The second-order valence-corrected chi connectivity index (χ2v) is 3.42. The lowest BCUT2D eigenvalue weighted by Gasteiger charge is -2.34. The molecule has 0 aliphatic carbocycles. The van der Waals surface area contributed by atoms with Crippen molar-refractivity contribution in [3.05, 3.63) is 0 Å². The van der Waals surface area contributed by atoms with Crippen LogP contribution in [0, 0.1) is 0 Å². The quantitative estimate of drug-likeness (QED) is 0.586. The SMILES string of the molecule is CC(C(N)=O)N1CCN(C)CC1. The third-order valence-electron chi connectivity index (χ3n) is 2.50. The fourth-order valence-corrected chi connectivity index (χ4v) is 1.39. The van der Waals surface area contributed by atoms with Gasteiger partial charge in [0, 0.05) is 26.2 Å². The maximum Gasteiger partial charge on any atom is 0.234 e. The van der Waals surface area contributed by atoms with E-state index < -0.39 is 0 Å². The van der Waals surface area contributed by atoms with E-state index in [2.05, 4.69) is 16.8 Å². The van der Waals surface area contributed by atoms with Gasteiger partial charge in [0.25, 0.3) is 0 Å². The fraction of sp³-hybridized carbons (Fsp3) is 0.875. The summed E-state index contributed by atoms with van der Waals surface area (Å²) in [6.07, 6.45) is 0. The number of hydrogen-bond acceptors (Lipinski definition) is 3. The van der Waals surface area contributed by atoms with Gasteiger partial charge in [-0.3, -0.25) is 9.69 Å². The predicted octanol–water partition coefficient (Wildman–Crippen LogP) is -0.892. The van der Waals surface area contributed by atoms with Gasteiger partial charge in [0.2, 0.25) is 5.91 Å². The van der Waals surface area contributed by atoms with Gasteiger partial charge in [0.1, 0.15) is 0 Å². The van der Waals surface area contributed by atoms with E-state index in [4.69, 9.17) is 5.73 Å². The number of carbonyl (C=O) groups is 1. The van der Waals surface area contributed by atoms with E-state index in [1.54, 1.807) is 0 Å². The highest BCUT2D eigenvalue weighted by atomic mass is 16.1. The number of nitrogens with two attached hydrogens (primary N) is 1. The minimum absolute atomic E-state index is 0.112. The normalized spacial score (nSPS) is 23.8. The molecule has 0 aromatic rings. The van der Waals surface area contributed by atoms with Gasteiger partial charge in [-0.25, -0.2) is 0 Å². The molecular formula is C8H17N3O. The van der Waals surface area contributed by atoms with Crippen LogP contribution in [0.1, 0.15) is 6.92 Å². The molecule has 2 N–H and O–H groups in total. The molecule has 12 heavy (non-hydrogen) atoms. The Hall–Kier alpha value is -0.610. The topological polar surface area (TPSA) is 49.6 Å². The number of likely N-dealkylation sites (N-methyl/N-ethyl adjacent to an activating group) is 1. The Morgan fingerprint density at radius 2 is 1.83 bits per heavy atom. The van der Waals surface area contributed by atoms with E-state index in [9.17, 15) is 4.79 Å². The summed E-state index contributed by atoms with van der Waals surface area (Å²) >= 11 is 0. The van der Waals surface area contributed by atoms with E-state index >= 15 is 0 Å². The van der Waals surface area contributed by atoms with Crippen LogP contribution in [-0.4, -0.2) is 55.0 Å². The van der Waals surface area contributed by atoms with E-state index in [0.717, 1.165) is 26.2 Å². The van der Waals surface area contributed by atoms with Crippen LogP contribution in [-0.2, 0) is 4.79 Å². The maximum absolute atomic E-state index is 10.8. The highest BCUT2D eigenvalue weighted by Crippen LogP contribution is 2.03. The maximum atomic E-state index is 10.8. The molecule has 1 saturated heterocycles. The number of nitrogens with zero attached hydrogens (tertiary/aromatic N) is 2. The summed E-state index contributed by atoms with van der Waals surface area (Å²) in [6, 6.07) is -0.112. The summed E-state index contributed by atoms with van der Waals surface area (Å²) in [7, 11) is 2.09. The van der Waals surface area contributed by atoms with Crippen LogP contribution >= 0.6 is 0 Å². The summed E-state index contributed by atoms with van der Waals surface area (Å²) in [5, 5.41) is 0. The van der Waals surface area contributed by atoms with Crippen LogP contribution in [0.3, 0.4) is 0 Å². The highest BCUT2D eigenvalue weighted by molar-refractivity contribution is 5.79. The summed E-state index contributed by atoms with van der Waals surface area (Å²) in [5.74, 6) is -0.223. The summed E-state index contributed by atoms with van der Waals surface area (Å²) in [4.78, 5) is 15.2. The first-order valence-electron chi connectivity index (χ1n) is 4.33. The number of primary amides is 1. The lowest BCUT2D eigenvalue weighted by atomic mass is 10.2. The lowest BCUT2D eigenvalue weighted by Crippen LogP contribution is -2.52.